The quantitative estimate of drug-likeness (QED) is 0.152. The summed E-state index contributed by atoms with van der Waals surface area (Å²) < 4.78 is 8.54. The first-order valence-corrected chi connectivity index (χ1v) is 13.2. The summed E-state index contributed by atoms with van der Waals surface area (Å²) in [5, 5.41) is 14.3. The van der Waals surface area contributed by atoms with Crippen molar-refractivity contribution in [2.24, 2.45) is 5.10 Å². The van der Waals surface area contributed by atoms with Gasteiger partial charge in [-0.3, -0.25) is 5.43 Å². The highest BCUT2D eigenvalue weighted by molar-refractivity contribution is 9.10. The number of halogens is 1. The van der Waals surface area contributed by atoms with Gasteiger partial charge in [-0.2, -0.15) is 10.4 Å². The summed E-state index contributed by atoms with van der Waals surface area (Å²) >= 11 is 3.56. The Labute approximate surface area is 236 Å². The van der Waals surface area contributed by atoms with Crippen molar-refractivity contribution in [3.8, 4) is 34.3 Å². The summed E-state index contributed by atoms with van der Waals surface area (Å²) in [4.78, 5) is 4.51. The zero-order chi connectivity index (χ0) is 27.2. The standard InChI is InChI=1S/C32H26BrN5O/c1-22-17-26(21-39-2)29(19-34)32(36-22)37-35-20-25-18-30(23-9-5-3-6-10-23)38(28-15-13-27(33)14-16-28)31(25)24-11-7-4-8-12-24/h3-18,20H,21H2,1-2H3,(H,36,37)/b35-20+. The highest BCUT2D eigenvalue weighted by atomic mass is 79.9. The van der Waals surface area contributed by atoms with Gasteiger partial charge < -0.3 is 9.30 Å². The number of hydrazone groups is 1. The van der Waals surface area contributed by atoms with E-state index in [1.807, 2.05) is 61.5 Å². The first-order valence-electron chi connectivity index (χ1n) is 12.4. The van der Waals surface area contributed by atoms with Crippen molar-refractivity contribution < 1.29 is 4.74 Å². The van der Waals surface area contributed by atoms with Gasteiger partial charge in [-0.15, -0.1) is 0 Å². The molecule has 0 radical (unpaired) electrons. The maximum atomic E-state index is 9.79. The molecule has 0 unspecified atom stereocenters. The monoisotopic (exact) mass is 575 g/mol. The second-order valence-corrected chi connectivity index (χ2v) is 9.85. The van der Waals surface area contributed by atoms with Crippen LogP contribution in [0.1, 0.15) is 22.4 Å². The molecular formula is C32H26BrN5O. The molecule has 5 aromatic rings. The normalized spacial score (nSPS) is 11.0. The Kier molecular flexibility index (Phi) is 7.97. The average Bonchev–Trinajstić information content (AvgIpc) is 3.34. The van der Waals surface area contributed by atoms with Crippen molar-refractivity contribution >= 4 is 28.0 Å². The number of ether oxygens (including phenoxy) is 1. The lowest BCUT2D eigenvalue weighted by atomic mass is 10.1. The van der Waals surface area contributed by atoms with Crippen LogP contribution in [-0.4, -0.2) is 22.9 Å². The molecule has 5 rings (SSSR count). The van der Waals surface area contributed by atoms with Crippen LogP contribution in [-0.2, 0) is 11.3 Å². The van der Waals surface area contributed by atoms with Gasteiger partial charge in [-0.1, -0.05) is 76.6 Å². The van der Waals surface area contributed by atoms with Crippen LogP contribution in [0, 0.1) is 18.3 Å². The van der Waals surface area contributed by atoms with E-state index < -0.39 is 0 Å². The fraction of sp³-hybridized carbons (Fsp3) is 0.0938. The Morgan fingerprint density at radius 3 is 2.28 bits per heavy atom. The number of aryl methyl sites for hydroxylation is 1. The van der Waals surface area contributed by atoms with E-state index in [9.17, 15) is 5.26 Å². The molecule has 0 saturated carbocycles. The van der Waals surface area contributed by atoms with E-state index in [-0.39, 0.29) is 0 Å². The molecule has 0 bridgehead atoms. The van der Waals surface area contributed by atoms with Crippen molar-refractivity contribution in [1.82, 2.24) is 9.55 Å². The molecule has 0 spiro atoms. The number of anilines is 1. The SMILES string of the molecule is COCc1cc(C)nc(N/N=C/c2cc(-c3ccccc3)n(-c3ccc(Br)cc3)c2-c2ccccc2)c1C#N. The molecule has 39 heavy (non-hydrogen) atoms. The van der Waals surface area contributed by atoms with Gasteiger partial charge in [0.25, 0.3) is 0 Å². The molecular weight excluding hydrogens is 550 g/mol. The molecule has 0 aliphatic rings. The van der Waals surface area contributed by atoms with Crippen LogP contribution >= 0.6 is 15.9 Å². The van der Waals surface area contributed by atoms with Crippen LogP contribution in [0.5, 0.6) is 0 Å². The van der Waals surface area contributed by atoms with E-state index in [1.165, 1.54) is 0 Å². The molecule has 0 aliphatic carbocycles. The van der Waals surface area contributed by atoms with Gasteiger partial charge in [0.1, 0.15) is 11.6 Å². The summed E-state index contributed by atoms with van der Waals surface area (Å²) in [6, 6.07) is 35.0. The number of aromatic nitrogens is 2. The maximum Gasteiger partial charge on any atom is 0.164 e. The van der Waals surface area contributed by atoms with Gasteiger partial charge in [0.2, 0.25) is 0 Å². The van der Waals surface area contributed by atoms with Crippen LogP contribution in [0.15, 0.2) is 107 Å². The lowest BCUT2D eigenvalue weighted by molar-refractivity contribution is 0.184. The lowest BCUT2D eigenvalue weighted by Gasteiger charge is -2.15. The Balaban J connectivity index is 1.66. The van der Waals surface area contributed by atoms with E-state index in [4.69, 9.17) is 4.74 Å². The predicted octanol–water partition coefficient (Wildman–Crippen LogP) is 7.74. The number of pyridine rings is 1. The highest BCUT2D eigenvalue weighted by Crippen LogP contribution is 2.35. The van der Waals surface area contributed by atoms with Gasteiger partial charge in [0.05, 0.1) is 24.2 Å². The number of nitrogens with one attached hydrogen (secondary N) is 1. The number of hydrogen-bond acceptors (Lipinski definition) is 5. The molecule has 0 atom stereocenters. The van der Waals surface area contributed by atoms with E-state index in [2.05, 4.69) is 84.5 Å². The molecule has 0 amide bonds. The van der Waals surface area contributed by atoms with E-state index in [1.54, 1.807) is 13.3 Å². The number of hydrogen-bond donors (Lipinski definition) is 1. The first kappa shape index (κ1) is 26.1. The van der Waals surface area contributed by atoms with Gasteiger partial charge in [0.15, 0.2) is 5.82 Å². The van der Waals surface area contributed by atoms with Gasteiger partial charge in [-0.05, 0) is 54.4 Å². The van der Waals surface area contributed by atoms with Crippen LogP contribution in [0.25, 0.3) is 28.2 Å². The van der Waals surface area contributed by atoms with E-state index in [0.717, 1.165) is 49.5 Å². The highest BCUT2D eigenvalue weighted by Gasteiger charge is 2.19. The number of rotatable bonds is 8. The Bertz CT molecular complexity index is 1650. The number of methoxy groups -OCH3 is 1. The minimum absolute atomic E-state index is 0.319. The molecule has 3 aromatic carbocycles. The Morgan fingerprint density at radius 1 is 0.974 bits per heavy atom. The molecule has 2 heterocycles. The zero-order valence-corrected chi connectivity index (χ0v) is 23.2. The second-order valence-electron chi connectivity index (χ2n) is 8.94. The first-order chi connectivity index (χ1) is 19.1. The van der Waals surface area contributed by atoms with Gasteiger partial charge in [0, 0.05) is 34.1 Å². The predicted molar refractivity (Wildman–Crippen MR) is 160 cm³/mol. The minimum atomic E-state index is 0.319. The average molecular weight is 576 g/mol. The third-order valence-electron chi connectivity index (χ3n) is 6.25. The van der Waals surface area contributed by atoms with E-state index in [0.29, 0.717) is 18.0 Å². The molecule has 0 saturated heterocycles. The van der Waals surface area contributed by atoms with Gasteiger partial charge in [-0.25, -0.2) is 4.98 Å². The molecule has 0 fully saturated rings. The van der Waals surface area contributed by atoms with Crippen LogP contribution in [0.3, 0.4) is 0 Å². The number of nitrogens with zero attached hydrogens (tertiary/aromatic N) is 4. The number of benzene rings is 3. The van der Waals surface area contributed by atoms with Crippen LogP contribution in [0.2, 0.25) is 0 Å². The lowest BCUT2D eigenvalue weighted by Crippen LogP contribution is -2.04. The Hall–Kier alpha value is -4.51. The van der Waals surface area contributed by atoms with Crippen molar-refractivity contribution in [2.75, 3.05) is 12.5 Å². The van der Waals surface area contributed by atoms with E-state index >= 15 is 0 Å². The maximum absolute atomic E-state index is 9.79. The summed E-state index contributed by atoms with van der Waals surface area (Å²) in [7, 11) is 1.60. The zero-order valence-electron chi connectivity index (χ0n) is 21.6. The third kappa shape index (κ3) is 5.68. The second kappa shape index (κ2) is 11.9. The summed E-state index contributed by atoms with van der Waals surface area (Å²) in [5.41, 5.74) is 11.1. The minimum Gasteiger partial charge on any atom is -0.380 e. The van der Waals surface area contributed by atoms with Crippen molar-refractivity contribution in [3.63, 3.8) is 0 Å². The van der Waals surface area contributed by atoms with Crippen LogP contribution < -0.4 is 5.43 Å². The van der Waals surface area contributed by atoms with Crippen molar-refractivity contribution in [3.05, 3.63) is 124 Å². The topological polar surface area (TPSA) is 75.2 Å². The van der Waals surface area contributed by atoms with Crippen molar-refractivity contribution in [2.45, 2.75) is 13.5 Å². The fourth-order valence-corrected chi connectivity index (χ4v) is 4.84. The summed E-state index contributed by atoms with van der Waals surface area (Å²) in [6.07, 6.45) is 1.78. The molecule has 1 N–H and O–H groups in total. The molecule has 192 valence electrons. The van der Waals surface area contributed by atoms with Gasteiger partial charge >= 0.3 is 0 Å². The summed E-state index contributed by atoms with van der Waals surface area (Å²) in [6.45, 7) is 2.20. The molecule has 0 aliphatic heterocycles. The third-order valence-corrected chi connectivity index (χ3v) is 6.78. The number of nitriles is 1. The van der Waals surface area contributed by atoms with Crippen LogP contribution in [0.4, 0.5) is 5.82 Å². The molecule has 6 nitrogen and oxygen atoms in total. The molecule has 7 heteroatoms. The summed E-state index contributed by atoms with van der Waals surface area (Å²) in [5.74, 6) is 0.401. The molecule has 2 aromatic heterocycles. The Morgan fingerprint density at radius 2 is 1.64 bits per heavy atom. The fourth-order valence-electron chi connectivity index (χ4n) is 4.58. The largest absolute Gasteiger partial charge is 0.380 e. The smallest absolute Gasteiger partial charge is 0.164 e. The van der Waals surface area contributed by atoms with Crippen molar-refractivity contribution in [1.29, 1.82) is 5.26 Å².